The van der Waals surface area contributed by atoms with E-state index in [4.69, 9.17) is 0 Å². The first kappa shape index (κ1) is 7.32. The standard InChI is InChI=1S/C8H11BO/c1-6(2)8(10)7-3-4-9-5-7/h3-6,9H,1-2H3. The lowest BCUT2D eigenvalue weighted by Gasteiger charge is -2.01. The van der Waals surface area contributed by atoms with Crippen molar-refractivity contribution in [2.45, 2.75) is 13.8 Å². The van der Waals surface area contributed by atoms with Crippen molar-refractivity contribution >= 4 is 13.1 Å². The second-order valence-electron chi connectivity index (χ2n) is 2.82. The van der Waals surface area contributed by atoms with Crippen molar-refractivity contribution in [2.75, 3.05) is 0 Å². The van der Waals surface area contributed by atoms with E-state index in [2.05, 4.69) is 0 Å². The molecule has 0 aliphatic carbocycles. The van der Waals surface area contributed by atoms with E-state index in [1.54, 1.807) is 0 Å². The smallest absolute Gasteiger partial charge is 0.174 e. The monoisotopic (exact) mass is 134 g/mol. The third-order valence-electron chi connectivity index (χ3n) is 1.58. The molecule has 0 saturated carbocycles. The first-order valence-electron chi connectivity index (χ1n) is 3.62. The summed E-state index contributed by atoms with van der Waals surface area (Å²) in [6.07, 6.45) is 1.91. The lowest BCUT2D eigenvalue weighted by atomic mass is 9.81. The first-order valence-corrected chi connectivity index (χ1v) is 3.62. The summed E-state index contributed by atoms with van der Waals surface area (Å²) in [7, 11) is 0.924. The van der Waals surface area contributed by atoms with Crippen molar-refractivity contribution in [1.82, 2.24) is 0 Å². The molecule has 0 aromatic carbocycles. The van der Waals surface area contributed by atoms with Crippen LogP contribution in [0, 0.1) is 5.92 Å². The fourth-order valence-corrected chi connectivity index (χ4v) is 0.974. The molecule has 1 heterocycles. The van der Waals surface area contributed by atoms with Crippen LogP contribution in [0.3, 0.4) is 0 Å². The Morgan fingerprint density at radius 3 is 2.70 bits per heavy atom. The third kappa shape index (κ3) is 1.38. The maximum atomic E-state index is 11.2. The number of carbonyl (C=O) groups excluding carboxylic acids is 1. The zero-order chi connectivity index (χ0) is 7.56. The largest absolute Gasteiger partial charge is 0.294 e. The van der Waals surface area contributed by atoms with Gasteiger partial charge in [0, 0.05) is 11.5 Å². The minimum Gasteiger partial charge on any atom is -0.294 e. The maximum Gasteiger partial charge on any atom is 0.174 e. The minimum atomic E-state index is 0.133. The Morgan fingerprint density at radius 2 is 2.30 bits per heavy atom. The SMILES string of the molecule is CC(C)C(=O)C1=CBC=C1. The Hall–Kier alpha value is -0.785. The zero-order valence-corrected chi connectivity index (χ0v) is 6.42. The van der Waals surface area contributed by atoms with Crippen LogP contribution in [-0.2, 0) is 4.79 Å². The molecule has 10 heavy (non-hydrogen) atoms. The molecule has 0 atom stereocenters. The summed E-state index contributed by atoms with van der Waals surface area (Å²) in [5, 5.41) is 0. The minimum absolute atomic E-state index is 0.133. The van der Waals surface area contributed by atoms with E-state index in [1.807, 2.05) is 31.9 Å². The molecule has 0 N–H and O–H groups in total. The quantitative estimate of drug-likeness (QED) is 0.516. The summed E-state index contributed by atoms with van der Waals surface area (Å²) in [6.45, 7) is 3.85. The summed E-state index contributed by atoms with van der Waals surface area (Å²) in [4.78, 5) is 11.2. The molecule has 0 spiro atoms. The van der Waals surface area contributed by atoms with E-state index in [-0.39, 0.29) is 11.7 Å². The zero-order valence-electron chi connectivity index (χ0n) is 6.42. The maximum absolute atomic E-state index is 11.2. The lowest BCUT2D eigenvalue weighted by Crippen LogP contribution is -2.07. The van der Waals surface area contributed by atoms with E-state index in [0.717, 1.165) is 12.9 Å². The van der Waals surface area contributed by atoms with Gasteiger partial charge in [0.1, 0.15) is 0 Å². The molecule has 0 saturated heterocycles. The van der Waals surface area contributed by atoms with E-state index < -0.39 is 0 Å². The molecule has 0 aromatic heterocycles. The van der Waals surface area contributed by atoms with Crippen molar-refractivity contribution in [1.29, 1.82) is 0 Å². The van der Waals surface area contributed by atoms with Crippen molar-refractivity contribution < 1.29 is 4.79 Å². The van der Waals surface area contributed by atoms with Gasteiger partial charge in [-0.25, -0.2) is 0 Å². The van der Waals surface area contributed by atoms with Gasteiger partial charge < -0.3 is 0 Å². The van der Waals surface area contributed by atoms with Gasteiger partial charge >= 0.3 is 0 Å². The Bertz CT molecular complexity index is 201. The summed E-state index contributed by atoms with van der Waals surface area (Å²) in [5.74, 6) is 4.38. The number of carbonyl (C=O) groups is 1. The highest BCUT2D eigenvalue weighted by Crippen LogP contribution is 2.10. The molecule has 0 unspecified atom stereocenters. The number of hydrogen-bond donors (Lipinski definition) is 0. The predicted molar refractivity (Wildman–Crippen MR) is 44.2 cm³/mol. The van der Waals surface area contributed by atoms with Crippen molar-refractivity contribution in [3.63, 3.8) is 0 Å². The van der Waals surface area contributed by atoms with Crippen LogP contribution in [0.15, 0.2) is 23.6 Å². The van der Waals surface area contributed by atoms with Gasteiger partial charge in [0.05, 0.1) is 0 Å². The average molecular weight is 134 g/mol. The highest BCUT2D eigenvalue weighted by Gasteiger charge is 2.12. The van der Waals surface area contributed by atoms with Gasteiger partial charge in [-0.15, -0.1) is 12.0 Å². The fourth-order valence-electron chi connectivity index (χ4n) is 0.974. The molecule has 52 valence electrons. The van der Waals surface area contributed by atoms with Crippen LogP contribution < -0.4 is 0 Å². The Morgan fingerprint density at radius 1 is 1.60 bits per heavy atom. The Labute approximate surface area is 62.1 Å². The molecule has 1 aliphatic heterocycles. The van der Waals surface area contributed by atoms with Gasteiger partial charge in [-0.3, -0.25) is 4.79 Å². The molecule has 0 aromatic rings. The normalized spacial score (nSPS) is 15.3. The number of rotatable bonds is 2. The predicted octanol–water partition coefficient (Wildman–Crippen LogP) is 1.06. The molecular weight excluding hydrogens is 123 g/mol. The topological polar surface area (TPSA) is 17.1 Å². The lowest BCUT2D eigenvalue weighted by molar-refractivity contribution is -0.117. The van der Waals surface area contributed by atoms with E-state index >= 15 is 0 Å². The summed E-state index contributed by atoms with van der Waals surface area (Å²) < 4.78 is 0. The van der Waals surface area contributed by atoms with E-state index in [0.29, 0.717) is 0 Å². The Kier molecular flexibility index (Phi) is 2.10. The van der Waals surface area contributed by atoms with Gasteiger partial charge in [0.15, 0.2) is 13.1 Å². The third-order valence-corrected chi connectivity index (χ3v) is 1.58. The Balaban J connectivity index is 2.66. The van der Waals surface area contributed by atoms with Crippen molar-refractivity contribution in [2.24, 2.45) is 5.92 Å². The number of allylic oxidation sites excluding steroid dienone is 2. The van der Waals surface area contributed by atoms with Crippen molar-refractivity contribution in [3.8, 4) is 0 Å². The number of ketones is 1. The van der Waals surface area contributed by atoms with Crippen molar-refractivity contribution in [3.05, 3.63) is 23.6 Å². The summed E-state index contributed by atoms with van der Waals surface area (Å²) >= 11 is 0. The van der Waals surface area contributed by atoms with Crippen LogP contribution in [0.25, 0.3) is 0 Å². The summed E-state index contributed by atoms with van der Waals surface area (Å²) in [5.41, 5.74) is 0.884. The molecule has 0 bridgehead atoms. The molecule has 0 radical (unpaired) electrons. The van der Waals surface area contributed by atoms with Gasteiger partial charge in [-0.2, -0.15) is 0 Å². The van der Waals surface area contributed by atoms with E-state index in [9.17, 15) is 4.79 Å². The van der Waals surface area contributed by atoms with Crippen LogP contribution in [0.1, 0.15) is 13.8 Å². The molecule has 1 nitrogen and oxygen atoms in total. The van der Waals surface area contributed by atoms with E-state index in [1.165, 1.54) is 0 Å². The van der Waals surface area contributed by atoms with Crippen LogP contribution >= 0.6 is 0 Å². The molecule has 2 heteroatoms. The molecule has 0 fully saturated rings. The van der Waals surface area contributed by atoms with Gasteiger partial charge in [-0.1, -0.05) is 19.9 Å². The number of hydrogen-bond acceptors (Lipinski definition) is 1. The van der Waals surface area contributed by atoms with Gasteiger partial charge in [0.2, 0.25) is 0 Å². The van der Waals surface area contributed by atoms with Gasteiger partial charge in [0.25, 0.3) is 0 Å². The second kappa shape index (κ2) is 2.87. The second-order valence-corrected chi connectivity index (χ2v) is 2.82. The highest BCUT2D eigenvalue weighted by atomic mass is 16.1. The molecule has 0 amide bonds. The van der Waals surface area contributed by atoms with Crippen LogP contribution in [0.5, 0.6) is 0 Å². The van der Waals surface area contributed by atoms with Crippen LogP contribution in [0.4, 0.5) is 0 Å². The molecule has 1 aliphatic rings. The van der Waals surface area contributed by atoms with Crippen LogP contribution in [0.2, 0.25) is 0 Å². The summed E-state index contributed by atoms with van der Waals surface area (Å²) in [6, 6.07) is 0. The molecule has 1 rings (SSSR count). The average Bonchev–Trinajstić information content (AvgIpc) is 2.36. The van der Waals surface area contributed by atoms with Gasteiger partial charge in [-0.05, 0) is 0 Å². The highest BCUT2D eigenvalue weighted by molar-refractivity contribution is 6.51. The number of Topliss-reactive ketones (excluding diaryl/α,β-unsaturated/α-hetero) is 1. The fraction of sp³-hybridized carbons (Fsp3) is 0.375. The first-order chi connectivity index (χ1) is 4.72. The van der Waals surface area contributed by atoms with Crippen LogP contribution in [-0.4, -0.2) is 13.1 Å². The molecular formula is C8H11BO.